The van der Waals surface area contributed by atoms with Crippen molar-refractivity contribution < 1.29 is 0 Å². The summed E-state index contributed by atoms with van der Waals surface area (Å²) >= 11 is 5.31. The van der Waals surface area contributed by atoms with Crippen LogP contribution in [0.2, 0.25) is 0 Å². The number of pyridine rings is 1. The van der Waals surface area contributed by atoms with Crippen molar-refractivity contribution in [1.29, 1.82) is 0 Å². The Bertz CT molecular complexity index is 875. The highest BCUT2D eigenvalue weighted by Gasteiger charge is 2.12. The molecule has 0 aliphatic heterocycles. The molecule has 3 rings (SSSR count). The average molecular weight is 284 g/mol. The molecule has 0 saturated carbocycles. The molecule has 2 N–H and O–H groups in total. The lowest BCUT2D eigenvalue weighted by atomic mass is 10.2. The number of H-pyrrole nitrogens is 2. The molecule has 20 heavy (non-hydrogen) atoms. The molecular weight excluding hydrogens is 272 g/mol. The van der Waals surface area contributed by atoms with Crippen molar-refractivity contribution in [2.24, 2.45) is 0 Å². The average Bonchev–Trinajstić information content (AvgIpc) is 2.81. The molecule has 0 atom stereocenters. The first-order valence-corrected chi connectivity index (χ1v) is 6.50. The van der Waals surface area contributed by atoms with E-state index in [9.17, 15) is 4.79 Å². The summed E-state index contributed by atoms with van der Waals surface area (Å²) < 4.78 is 2.33. The quantitative estimate of drug-likeness (QED) is 0.711. The predicted molar refractivity (Wildman–Crippen MR) is 79.5 cm³/mol. The summed E-state index contributed by atoms with van der Waals surface area (Å²) in [7, 11) is 0. The van der Waals surface area contributed by atoms with Gasteiger partial charge in [0.05, 0.1) is 5.69 Å². The van der Waals surface area contributed by atoms with Gasteiger partial charge in [0.25, 0.3) is 0 Å². The lowest BCUT2D eigenvalue weighted by molar-refractivity contribution is 1.02. The van der Waals surface area contributed by atoms with Gasteiger partial charge in [0.2, 0.25) is 5.56 Å². The largest absolute Gasteiger partial charge is 0.329 e. The van der Waals surface area contributed by atoms with E-state index < -0.39 is 0 Å². The van der Waals surface area contributed by atoms with E-state index in [0.29, 0.717) is 16.2 Å². The summed E-state index contributed by atoms with van der Waals surface area (Å²) in [6, 6.07) is 11.2. The number of hydrogen-bond donors (Lipinski definition) is 2. The predicted octanol–water partition coefficient (Wildman–Crippen LogP) is 2.59. The van der Waals surface area contributed by atoms with Gasteiger partial charge in [0, 0.05) is 17.8 Å². The molecule has 0 fully saturated rings. The summed E-state index contributed by atoms with van der Waals surface area (Å²) in [5.41, 5.74) is 2.56. The van der Waals surface area contributed by atoms with E-state index in [0.717, 1.165) is 11.3 Å². The Balaban J connectivity index is 2.29. The molecule has 0 radical (unpaired) electrons. The Hall–Kier alpha value is -2.47. The number of aryl methyl sites for hydroxylation is 1. The van der Waals surface area contributed by atoms with Crippen LogP contribution in [0.1, 0.15) is 5.56 Å². The van der Waals surface area contributed by atoms with E-state index in [1.807, 2.05) is 35.8 Å². The van der Waals surface area contributed by atoms with E-state index in [1.54, 1.807) is 12.3 Å². The van der Waals surface area contributed by atoms with Crippen LogP contribution in [0.5, 0.6) is 0 Å². The van der Waals surface area contributed by atoms with Crippen LogP contribution < -0.4 is 5.56 Å². The number of hydrogen-bond acceptors (Lipinski definition) is 3. The maximum Gasteiger partial charge on any atom is 0.248 e. The molecule has 0 unspecified atom stereocenters. The Morgan fingerprint density at radius 1 is 1.25 bits per heavy atom. The van der Waals surface area contributed by atoms with Crippen molar-refractivity contribution in [3.05, 3.63) is 63.3 Å². The zero-order chi connectivity index (χ0) is 14.1. The van der Waals surface area contributed by atoms with Crippen molar-refractivity contribution in [3.8, 4) is 17.1 Å². The summed E-state index contributed by atoms with van der Waals surface area (Å²) in [6.45, 7) is 2.01. The fourth-order valence-electron chi connectivity index (χ4n) is 2.11. The number of aromatic nitrogens is 4. The van der Waals surface area contributed by atoms with Crippen molar-refractivity contribution in [1.82, 2.24) is 19.7 Å². The normalized spacial score (nSPS) is 10.7. The van der Waals surface area contributed by atoms with Crippen molar-refractivity contribution in [2.75, 3.05) is 0 Å². The minimum atomic E-state index is -0.173. The lowest BCUT2D eigenvalue weighted by Crippen LogP contribution is -2.05. The number of para-hydroxylation sites is 1. The SMILES string of the molecule is Cc1ccccc1-n1c(-c2cc[nH]c(=O)c2)n[nH]c1=S. The van der Waals surface area contributed by atoms with E-state index in [2.05, 4.69) is 15.2 Å². The van der Waals surface area contributed by atoms with E-state index in [4.69, 9.17) is 12.2 Å². The third-order valence-electron chi connectivity index (χ3n) is 3.06. The minimum absolute atomic E-state index is 0.173. The standard InChI is InChI=1S/C14H12N4OS/c1-9-4-2-3-5-11(9)18-13(16-17-14(18)20)10-6-7-15-12(19)8-10/h2-8H,1H3,(H,15,19)(H,17,20). The number of nitrogens with one attached hydrogen (secondary N) is 2. The minimum Gasteiger partial charge on any atom is -0.329 e. The summed E-state index contributed by atoms with van der Waals surface area (Å²) in [6.07, 6.45) is 1.59. The van der Waals surface area contributed by atoms with Crippen LogP contribution in [-0.2, 0) is 0 Å². The summed E-state index contributed by atoms with van der Waals surface area (Å²) in [5, 5.41) is 7.02. The van der Waals surface area contributed by atoms with Crippen molar-refractivity contribution >= 4 is 12.2 Å². The highest BCUT2D eigenvalue weighted by Crippen LogP contribution is 2.22. The Morgan fingerprint density at radius 3 is 2.80 bits per heavy atom. The van der Waals surface area contributed by atoms with Gasteiger partial charge >= 0.3 is 0 Å². The molecule has 2 aromatic heterocycles. The van der Waals surface area contributed by atoms with Gasteiger partial charge in [-0.05, 0) is 36.8 Å². The van der Waals surface area contributed by atoms with Gasteiger partial charge < -0.3 is 4.98 Å². The zero-order valence-corrected chi connectivity index (χ0v) is 11.6. The second-order valence-electron chi connectivity index (χ2n) is 4.42. The Morgan fingerprint density at radius 2 is 2.05 bits per heavy atom. The van der Waals surface area contributed by atoms with Crippen LogP contribution in [0.4, 0.5) is 0 Å². The highest BCUT2D eigenvalue weighted by molar-refractivity contribution is 7.71. The number of aromatic amines is 2. The number of benzene rings is 1. The first-order chi connectivity index (χ1) is 9.66. The smallest absolute Gasteiger partial charge is 0.248 e. The fourth-order valence-corrected chi connectivity index (χ4v) is 2.34. The highest BCUT2D eigenvalue weighted by atomic mass is 32.1. The van der Waals surface area contributed by atoms with Crippen LogP contribution in [-0.4, -0.2) is 19.7 Å². The monoisotopic (exact) mass is 284 g/mol. The maximum absolute atomic E-state index is 11.5. The van der Waals surface area contributed by atoms with Gasteiger partial charge in [0.15, 0.2) is 10.6 Å². The molecule has 2 heterocycles. The fraction of sp³-hybridized carbons (Fsp3) is 0.0714. The molecule has 0 aliphatic carbocycles. The molecule has 0 amide bonds. The maximum atomic E-state index is 11.5. The zero-order valence-electron chi connectivity index (χ0n) is 10.8. The summed E-state index contributed by atoms with van der Waals surface area (Å²) in [4.78, 5) is 14.0. The molecule has 6 heteroatoms. The molecule has 100 valence electrons. The van der Waals surface area contributed by atoms with Gasteiger partial charge in [0.1, 0.15) is 0 Å². The van der Waals surface area contributed by atoms with Crippen LogP contribution in [0.15, 0.2) is 47.4 Å². The molecule has 0 bridgehead atoms. The summed E-state index contributed by atoms with van der Waals surface area (Å²) in [5.74, 6) is 0.621. The first-order valence-electron chi connectivity index (χ1n) is 6.09. The molecule has 0 aliphatic rings. The number of rotatable bonds is 2. The van der Waals surface area contributed by atoms with Gasteiger partial charge in [-0.25, -0.2) is 0 Å². The molecule has 1 aromatic carbocycles. The topological polar surface area (TPSA) is 66.5 Å². The van der Waals surface area contributed by atoms with E-state index in [1.165, 1.54) is 6.07 Å². The third-order valence-corrected chi connectivity index (χ3v) is 3.34. The van der Waals surface area contributed by atoms with Crippen molar-refractivity contribution in [2.45, 2.75) is 6.92 Å². The van der Waals surface area contributed by atoms with E-state index in [-0.39, 0.29) is 5.56 Å². The third kappa shape index (κ3) is 2.10. The van der Waals surface area contributed by atoms with Crippen LogP contribution >= 0.6 is 12.2 Å². The van der Waals surface area contributed by atoms with Crippen LogP contribution in [0.25, 0.3) is 17.1 Å². The Kier molecular flexibility index (Phi) is 3.08. The van der Waals surface area contributed by atoms with Gasteiger partial charge in [-0.3, -0.25) is 14.5 Å². The van der Waals surface area contributed by atoms with Gasteiger partial charge in [-0.1, -0.05) is 18.2 Å². The second kappa shape index (κ2) is 4.90. The second-order valence-corrected chi connectivity index (χ2v) is 4.80. The molecule has 0 spiro atoms. The van der Waals surface area contributed by atoms with Crippen LogP contribution in [0.3, 0.4) is 0 Å². The molecule has 3 aromatic rings. The Labute approximate surface area is 119 Å². The van der Waals surface area contributed by atoms with Crippen LogP contribution in [0, 0.1) is 11.7 Å². The lowest BCUT2D eigenvalue weighted by Gasteiger charge is -2.09. The van der Waals surface area contributed by atoms with Crippen molar-refractivity contribution in [3.63, 3.8) is 0 Å². The molecule has 0 saturated heterocycles. The van der Waals surface area contributed by atoms with Gasteiger partial charge in [-0.2, -0.15) is 5.10 Å². The molecular formula is C14H12N4OS. The number of nitrogens with zero attached hydrogens (tertiary/aromatic N) is 2. The van der Waals surface area contributed by atoms with E-state index >= 15 is 0 Å². The van der Waals surface area contributed by atoms with Gasteiger partial charge in [-0.15, -0.1) is 0 Å². The first kappa shape index (κ1) is 12.6. The molecule has 5 nitrogen and oxygen atoms in total.